The molecule has 0 spiro atoms. The first kappa shape index (κ1) is 15.1. The molecule has 2 amide bonds. The molecule has 0 unspecified atom stereocenters. The first-order valence-electron chi connectivity index (χ1n) is 6.32. The highest BCUT2D eigenvalue weighted by atomic mass is 19.4. The number of likely N-dealkylation sites (tertiary alicyclic amines) is 1. The number of carbonyl (C=O) groups is 2. The maximum absolute atomic E-state index is 12.7. The Morgan fingerprint density at radius 2 is 2.10 bits per heavy atom. The van der Waals surface area contributed by atoms with Gasteiger partial charge in [0, 0.05) is 24.3 Å². The molecule has 0 atom stereocenters. The third-order valence-electron chi connectivity index (χ3n) is 3.15. The van der Waals surface area contributed by atoms with Crippen LogP contribution in [0.25, 0.3) is 0 Å². The predicted octanol–water partition coefficient (Wildman–Crippen LogP) is 1.85. The Hall–Kier alpha value is -2.25. The molecular formula is C13H14F3N3O2. The Kier molecular flexibility index (Phi) is 4.06. The Bertz CT molecular complexity index is 572. The van der Waals surface area contributed by atoms with Crippen molar-refractivity contribution < 1.29 is 22.8 Å². The number of rotatable bonds is 3. The SMILES string of the molecule is Nc1ccc(NC(=O)CN2CCCC2=O)cc1C(F)(F)F. The van der Waals surface area contributed by atoms with Gasteiger partial charge >= 0.3 is 6.18 Å². The van der Waals surface area contributed by atoms with Crippen LogP contribution < -0.4 is 11.1 Å². The average Bonchev–Trinajstić information content (AvgIpc) is 2.76. The maximum atomic E-state index is 12.7. The second kappa shape index (κ2) is 5.63. The fourth-order valence-electron chi connectivity index (χ4n) is 2.12. The summed E-state index contributed by atoms with van der Waals surface area (Å²) in [7, 11) is 0. The summed E-state index contributed by atoms with van der Waals surface area (Å²) in [6.45, 7) is 0.326. The molecule has 1 heterocycles. The Morgan fingerprint density at radius 3 is 2.67 bits per heavy atom. The number of nitrogen functional groups attached to an aromatic ring is 1. The predicted molar refractivity (Wildman–Crippen MR) is 70.3 cm³/mol. The minimum absolute atomic E-state index is 0.00632. The number of halogens is 3. The second-order valence-electron chi connectivity index (χ2n) is 4.77. The van der Waals surface area contributed by atoms with Gasteiger partial charge in [0.15, 0.2) is 0 Å². The summed E-state index contributed by atoms with van der Waals surface area (Å²) < 4.78 is 38.1. The third-order valence-corrected chi connectivity index (χ3v) is 3.15. The molecule has 0 aliphatic carbocycles. The summed E-state index contributed by atoms with van der Waals surface area (Å²) >= 11 is 0. The summed E-state index contributed by atoms with van der Waals surface area (Å²) in [4.78, 5) is 24.5. The lowest BCUT2D eigenvalue weighted by molar-refractivity contribution is -0.137. The molecule has 1 saturated heterocycles. The highest BCUT2D eigenvalue weighted by molar-refractivity contribution is 5.95. The zero-order chi connectivity index (χ0) is 15.6. The van der Waals surface area contributed by atoms with Crippen LogP contribution in [0.15, 0.2) is 18.2 Å². The van der Waals surface area contributed by atoms with E-state index in [4.69, 9.17) is 5.73 Å². The molecule has 0 aromatic heterocycles. The normalized spacial score (nSPS) is 15.4. The van der Waals surface area contributed by atoms with Gasteiger partial charge in [0.05, 0.1) is 12.1 Å². The van der Waals surface area contributed by atoms with Crippen molar-refractivity contribution >= 4 is 23.2 Å². The van der Waals surface area contributed by atoms with Gasteiger partial charge in [-0.15, -0.1) is 0 Å². The molecule has 2 rings (SSSR count). The number of carbonyl (C=O) groups excluding carboxylic acids is 2. The maximum Gasteiger partial charge on any atom is 0.418 e. The van der Waals surface area contributed by atoms with Crippen LogP contribution in [-0.4, -0.2) is 29.8 Å². The number of nitrogens with two attached hydrogens (primary N) is 1. The van der Waals surface area contributed by atoms with Crippen LogP contribution in [0.3, 0.4) is 0 Å². The van der Waals surface area contributed by atoms with Gasteiger partial charge in [-0.1, -0.05) is 0 Å². The second-order valence-corrected chi connectivity index (χ2v) is 4.77. The Labute approximate surface area is 118 Å². The monoisotopic (exact) mass is 301 g/mol. The van der Waals surface area contributed by atoms with Crippen LogP contribution >= 0.6 is 0 Å². The van der Waals surface area contributed by atoms with Crippen molar-refractivity contribution in [3.63, 3.8) is 0 Å². The summed E-state index contributed by atoms with van der Waals surface area (Å²) in [6.07, 6.45) is -3.50. The van der Waals surface area contributed by atoms with E-state index in [9.17, 15) is 22.8 Å². The van der Waals surface area contributed by atoms with E-state index in [1.807, 2.05) is 0 Å². The first-order chi connectivity index (χ1) is 9.77. The van der Waals surface area contributed by atoms with E-state index in [-0.39, 0.29) is 18.1 Å². The number of hydrogen-bond donors (Lipinski definition) is 2. The van der Waals surface area contributed by atoms with Gasteiger partial charge in [-0.25, -0.2) is 0 Å². The van der Waals surface area contributed by atoms with Crippen molar-refractivity contribution in [2.75, 3.05) is 24.1 Å². The topological polar surface area (TPSA) is 75.4 Å². The van der Waals surface area contributed by atoms with Crippen LogP contribution in [0.1, 0.15) is 18.4 Å². The third kappa shape index (κ3) is 3.65. The number of alkyl halides is 3. The number of nitrogens with one attached hydrogen (secondary N) is 1. The number of anilines is 2. The average molecular weight is 301 g/mol. The van der Waals surface area contributed by atoms with Crippen LogP contribution in [-0.2, 0) is 15.8 Å². The van der Waals surface area contributed by atoms with Crippen molar-refractivity contribution in [1.82, 2.24) is 4.90 Å². The van der Waals surface area contributed by atoms with E-state index in [0.717, 1.165) is 12.1 Å². The molecule has 0 saturated carbocycles. The molecule has 0 radical (unpaired) electrons. The Balaban J connectivity index is 2.06. The standard InChI is InChI=1S/C13H14F3N3O2/c14-13(15,16)9-6-8(3-4-10(9)17)18-11(20)7-19-5-1-2-12(19)21/h3-4,6H,1-2,5,7,17H2,(H,18,20). The molecule has 8 heteroatoms. The van der Waals surface area contributed by atoms with Gasteiger partial charge in [-0.3, -0.25) is 9.59 Å². The van der Waals surface area contributed by atoms with Gasteiger partial charge in [-0.05, 0) is 24.6 Å². The largest absolute Gasteiger partial charge is 0.418 e. The van der Waals surface area contributed by atoms with Crippen LogP contribution in [0.2, 0.25) is 0 Å². The molecule has 5 nitrogen and oxygen atoms in total. The molecule has 1 aromatic rings. The molecule has 114 valence electrons. The smallest absolute Gasteiger partial charge is 0.398 e. The van der Waals surface area contributed by atoms with E-state index in [2.05, 4.69) is 5.32 Å². The molecule has 21 heavy (non-hydrogen) atoms. The van der Waals surface area contributed by atoms with Crippen LogP contribution in [0.5, 0.6) is 0 Å². The van der Waals surface area contributed by atoms with Crippen molar-refractivity contribution in [2.45, 2.75) is 19.0 Å². The van der Waals surface area contributed by atoms with Crippen molar-refractivity contribution in [1.29, 1.82) is 0 Å². The lowest BCUT2D eigenvalue weighted by atomic mass is 10.1. The van der Waals surface area contributed by atoms with E-state index in [1.165, 1.54) is 11.0 Å². The molecule has 1 aromatic carbocycles. The van der Waals surface area contributed by atoms with E-state index in [0.29, 0.717) is 19.4 Å². The summed E-state index contributed by atoms with van der Waals surface area (Å²) in [5.74, 6) is -0.665. The first-order valence-corrected chi connectivity index (χ1v) is 6.32. The highest BCUT2D eigenvalue weighted by Gasteiger charge is 2.33. The fourth-order valence-corrected chi connectivity index (χ4v) is 2.12. The molecule has 1 fully saturated rings. The number of hydrogen-bond acceptors (Lipinski definition) is 3. The van der Waals surface area contributed by atoms with Crippen LogP contribution in [0.4, 0.5) is 24.5 Å². The minimum atomic E-state index is -4.59. The van der Waals surface area contributed by atoms with Gasteiger partial charge in [0.2, 0.25) is 11.8 Å². The molecule has 1 aliphatic heterocycles. The van der Waals surface area contributed by atoms with Gasteiger partial charge < -0.3 is 16.0 Å². The number of nitrogens with zero attached hydrogens (tertiary/aromatic N) is 1. The van der Waals surface area contributed by atoms with E-state index < -0.39 is 23.3 Å². The summed E-state index contributed by atoms with van der Waals surface area (Å²) in [5.41, 5.74) is 3.86. The molecule has 3 N–H and O–H groups in total. The summed E-state index contributed by atoms with van der Waals surface area (Å²) in [5, 5.41) is 2.34. The number of amides is 2. The lowest BCUT2D eigenvalue weighted by Crippen LogP contribution is -2.34. The molecule has 1 aliphatic rings. The van der Waals surface area contributed by atoms with Gasteiger partial charge in [0.25, 0.3) is 0 Å². The quantitative estimate of drug-likeness (QED) is 0.837. The van der Waals surface area contributed by atoms with E-state index >= 15 is 0 Å². The Morgan fingerprint density at radius 1 is 1.38 bits per heavy atom. The number of benzene rings is 1. The lowest BCUT2D eigenvalue weighted by Gasteiger charge is -2.16. The summed E-state index contributed by atoms with van der Waals surface area (Å²) in [6, 6.07) is 3.15. The van der Waals surface area contributed by atoms with Gasteiger partial charge in [-0.2, -0.15) is 13.2 Å². The van der Waals surface area contributed by atoms with Crippen molar-refractivity contribution in [3.8, 4) is 0 Å². The van der Waals surface area contributed by atoms with Crippen molar-refractivity contribution in [3.05, 3.63) is 23.8 Å². The zero-order valence-corrected chi connectivity index (χ0v) is 11.0. The zero-order valence-electron chi connectivity index (χ0n) is 11.0. The van der Waals surface area contributed by atoms with E-state index in [1.54, 1.807) is 0 Å². The van der Waals surface area contributed by atoms with Crippen molar-refractivity contribution in [2.24, 2.45) is 0 Å². The van der Waals surface area contributed by atoms with Gasteiger partial charge in [0.1, 0.15) is 0 Å². The fraction of sp³-hybridized carbons (Fsp3) is 0.385. The highest BCUT2D eigenvalue weighted by Crippen LogP contribution is 2.35. The molecular weight excluding hydrogens is 287 g/mol. The molecule has 0 bridgehead atoms. The van der Waals surface area contributed by atoms with Crippen LogP contribution in [0, 0.1) is 0 Å². The minimum Gasteiger partial charge on any atom is -0.398 e.